The maximum atomic E-state index is 12.6. The number of alkyl carbamates (subject to hydrolysis) is 1. The molecule has 2 aromatic carbocycles. The topological polar surface area (TPSA) is 95.9 Å². The molecule has 35 heavy (non-hydrogen) atoms. The number of ether oxygens (including phenoxy) is 1. The third-order valence-electron chi connectivity index (χ3n) is 7.33. The molecule has 0 aromatic heterocycles. The number of carbonyl (C=O) groups is 3. The predicted octanol–water partition coefficient (Wildman–Crippen LogP) is 4.65. The monoisotopic (exact) mass is 478 g/mol. The van der Waals surface area contributed by atoms with Gasteiger partial charge >= 0.3 is 12.1 Å². The standard InChI is InChI=1S/C28H34N2O5/c1-18(9-8-14-25(31)30-15-24(26(32)33)28(2,3)17-30)29-27(34)35-16-23-21-12-6-4-10-19(21)20-11-5-7-13-22(20)23/h4-7,10-13,18,23-24H,8-9,14-17H2,1-3H3,(H,29,34)(H,32,33). The number of amides is 2. The minimum Gasteiger partial charge on any atom is -0.481 e. The molecule has 2 amide bonds. The number of hydrogen-bond donors (Lipinski definition) is 2. The molecule has 0 radical (unpaired) electrons. The van der Waals surface area contributed by atoms with E-state index in [4.69, 9.17) is 4.74 Å². The van der Waals surface area contributed by atoms with E-state index < -0.39 is 23.4 Å². The zero-order valence-corrected chi connectivity index (χ0v) is 20.6. The van der Waals surface area contributed by atoms with Gasteiger partial charge in [0.2, 0.25) is 5.91 Å². The van der Waals surface area contributed by atoms with E-state index in [0.29, 0.717) is 25.8 Å². The summed E-state index contributed by atoms with van der Waals surface area (Å²) >= 11 is 0. The van der Waals surface area contributed by atoms with Crippen molar-refractivity contribution in [1.29, 1.82) is 0 Å². The molecule has 186 valence electrons. The van der Waals surface area contributed by atoms with E-state index in [2.05, 4.69) is 29.6 Å². The van der Waals surface area contributed by atoms with Crippen molar-refractivity contribution < 1.29 is 24.2 Å². The van der Waals surface area contributed by atoms with Gasteiger partial charge in [-0.05, 0) is 47.4 Å². The first-order chi connectivity index (χ1) is 16.7. The lowest BCUT2D eigenvalue weighted by molar-refractivity contribution is -0.144. The number of carboxylic acids is 1. The van der Waals surface area contributed by atoms with Gasteiger partial charge in [-0.3, -0.25) is 9.59 Å². The first kappa shape index (κ1) is 24.8. The number of hydrogen-bond acceptors (Lipinski definition) is 4. The molecule has 4 rings (SSSR count). The fraction of sp³-hybridized carbons (Fsp3) is 0.464. The Labute approximate surface area is 206 Å². The zero-order valence-electron chi connectivity index (χ0n) is 20.6. The summed E-state index contributed by atoms with van der Waals surface area (Å²) in [6, 6.07) is 16.3. The van der Waals surface area contributed by atoms with Crippen molar-refractivity contribution in [2.75, 3.05) is 19.7 Å². The smallest absolute Gasteiger partial charge is 0.407 e. The number of aliphatic carboxylic acids is 1. The van der Waals surface area contributed by atoms with E-state index in [0.717, 1.165) is 0 Å². The average Bonchev–Trinajstić information content (AvgIpc) is 3.31. The van der Waals surface area contributed by atoms with Crippen LogP contribution >= 0.6 is 0 Å². The number of likely N-dealkylation sites (tertiary alicyclic amines) is 1. The molecule has 1 aliphatic heterocycles. The Morgan fingerprint density at radius 2 is 1.69 bits per heavy atom. The van der Waals surface area contributed by atoms with Crippen LogP contribution in [0.25, 0.3) is 11.1 Å². The van der Waals surface area contributed by atoms with Crippen LogP contribution in [0.4, 0.5) is 4.79 Å². The number of fused-ring (bicyclic) bond motifs is 3. The third-order valence-corrected chi connectivity index (χ3v) is 7.33. The Morgan fingerprint density at radius 3 is 2.26 bits per heavy atom. The maximum Gasteiger partial charge on any atom is 0.407 e. The minimum atomic E-state index is -0.855. The van der Waals surface area contributed by atoms with Gasteiger partial charge in [0, 0.05) is 31.5 Å². The van der Waals surface area contributed by atoms with Crippen LogP contribution in [0.15, 0.2) is 48.5 Å². The molecule has 2 aromatic rings. The van der Waals surface area contributed by atoms with Gasteiger partial charge in [-0.1, -0.05) is 62.4 Å². The van der Waals surface area contributed by atoms with Gasteiger partial charge in [-0.15, -0.1) is 0 Å². The van der Waals surface area contributed by atoms with Crippen LogP contribution < -0.4 is 5.32 Å². The van der Waals surface area contributed by atoms with Crippen molar-refractivity contribution in [2.45, 2.75) is 52.0 Å². The van der Waals surface area contributed by atoms with Crippen molar-refractivity contribution in [3.63, 3.8) is 0 Å². The highest BCUT2D eigenvalue weighted by Gasteiger charge is 2.45. The molecule has 1 saturated heterocycles. The molecular formula is C28H34N2O5. The van der Waals surface area contributed by atoms with Gasteiger partial charge in [0.25, 0.3) is 0 Å². The largest absolute Gasteiger partial charge is 0.481 e. The molecule has 1 heterocycles. The number of carboxylic acid groups (broad SMARTS) is 1. The highest BCUT2D eigenvalue weighted by Crippen LogP contribution is 2.44. The lowest BCUT2D eigenvalue weighted by atomic mass is 9.82. The summed E-state index contributed by atoms with van der Waals surface area (Å²) < 4.78 is 5.60. The molecule has 7 nitrogen and oxygen atoms in total. The van der Waals surface area contributed by atoms with Crippen molar-refractivity contribution >= 4 is 18.0 Å². The Hall–Kier alpha value is -3.35. The highest BCUT2D eigenvalue weighted by molar-refractivity contribution is 5.80. The van der Waals surface area contributed by atoms with E-state index in [1.54, 1.807) is 4.90 Å². The normalized spacial score (nSPS) is 19.1. The lowest BCUT2D eigenvalue weighted by Crippen LogP contribution is -2.34. The van der Waals surface area contributed by atoms with E-state index in [9.17, 15) is 19.5 Å². The Balaban J connectivity index is 1.22. The number of nitrogens with zero attached hydrogens (tertiary/aromatic N) is 1. The second-order valence-corrected chi connectivity index (χ2v) is 10.4. The summed E-state index contributed by atoms with van der Waals surface area (Å²) in [5.41, 5.74) is 4.28. The molecule has 7 heteroatoms. The van der Waals surface area contributed by atoms with Crippen molar-refractivity contribution in [2.24, 2.45) is 11.3 Å². The Morgan fingerprint density at radius 1 is 1.09 bits per heavy atom. The summed E-state index contributed by atoms with van der Waals surface area (Å²) in [6.07, 6.45) is 1.11. The second kappa shape index (κ2) is 10.1. The Kier molecular flexibility index (Phi) is 7.15. The van der Waals surface area contributed by atoms with Crippen LogP contribution in [-0.4, -0.2) is 53.7 Å². The first-order valence-corrected chi connectivity index (χ1v) is 12.3. The van der Waals surface area contributed by atoms with Crippen molar-refractivity contribution in [1.82, 2.24) is 10.2 Å². The molecule has 2 unspecified atom stereocenters. The lowest BCUT2D eigenvalue weighted by Gasteiger charge is -2.22. The van der Waals surface area contributed by atoms with Gasteiger partial charge in [-0.2, -0.15) is 0 Å². The fourth-order valence-corrected chi connectivity index (χ4v) is 5.37. The molecule has 2 aliphatic rings. The van der Waals surface area contributed by atoms with Crippen LogP contribution in [-0.2, 0) is 14.3 Å². The average molecular weight is 479 g/mol. The van der Waals surface area contributed by atoms with Gasteiger partial charge in [0.15, 0.2) is 0 Å². The third kappa shape index (κ3) is 5.34. The summed E-state index contributed by atoms with van der Waals surface area (Å²) in [4.78, 5) is 38.1. The quantitative estimate of drug-likeness (QED) is 0.576. The summed E-state index contributed by atoms with van der Waals surface area (Å²) in [5.74, 6) is -1.41. The molecule has 2 atom stereocenters. The molecule has 0 saturated carbocycles. The summed E-state index contributed by atoms with van der Waals surface area (Å²) in [6.45, 7) is 6.65. The van der Waals surface area contributed by atoms with Gasteiger partial charge < -0.3 is 20.1 Å². The van der Waals surface area contributed by atoms with Gasteiger partial charge in [-0.25, -0.2) is 4.79 Å². The van der Waals surface area contributed by atoms with E-state index in [-0.39, 0.29) is 31.0 Å². The molecule has 0 spiro atoms. The number of benzene rings is 2. The molecule has 1 fully saturated rings. The van der Waals surface area contributed by atoms with E-state index >= 15 is 0 Å². The predicted molar refractivity (Wildman–Crippen MR) is 133 cm³/mol. The van der Waals surface area contributed by atoms with E-state index in [1.165, 1.54) is 22.3 Å². The Bertz CT molecular complexity index is 1070. The van der Waals surface area contributed by atoms with Crippen molar-refractivity contribution in [3.8, 4) is 11.1 Å². The van der Waals surface area contributed by atoms with Gasteiger partial charge in [0.1, 0.15) is 6.61 Å². The van der Waals surface area contributed by atoms with E-state index in [1.807, 2.05) is 45.0 Å². The fourth-order valence-electron chi connectivity index (χ4n) is 5.37. The zero-order chi connectivity index (χ0) is 25.2. The molecule has 0 bridgehead atoms. The second-order valence-electron chi connectivity index (χ2n) is 10.4. The summed E-state index contributed by atoms with van der Waals surface area (Å²) in [5, 5.41) is 12.3. The minimum absolute atomic E-state index is 0.0143. The maximum absolute atomic E-state index is 12.6. The summed E-state index contributed by atoms with van der Waals surface area (Å²) in [7, 11) is 0. The van der Waals surface area contributed by atoms with Crippen LogP contribution in [0.3, 0.4) is 0 Å². The number of carbonyl (C=O) groups excluding carboxylic acids is 2. The first-order valence-electron chi connectivity index (χ1n) is 12.3. The molecule has 2 N–H and O–H groups in total. The molecule has 1 aliphatic carbocycles. The van der Waals surface area contributed by atoms with Crippen molar-refractivity contribution in [3.05, 3.63) is 59.7 Å². The number of rotatable bonds is 8. The SMILES string of the molecule is CC(CCCC(=O)N1CC(C(=O)O)C(C)(C)C1)NC(=O)OCC1c2ccccc2-c2ccccc21. The van der Waals surface area contributed by atoms with Crippen LogP contribution in [0.5, 0.6) is 0 Å². The van der Waals surface area contributed by atoms with Crippen LogP contribution in [0.1, 0.15) is 57.1 Å². The number of nitrogens with one attached hydrogen (secondary N) is 1. The molecular weight excluding hydrogens is 444 g/mol. The van der Waals surface area contributed by atoms with Crippen LogP contribution in [0, 0.1) is 11.3 Å². The van der Waals surface area contributed by atoms with Crippen LogP contribution in [0.2, 0.25) is 0 Å². The van der Waals surface area contributed by atoms with Gasteiger partial charge in [0.05, 0.1) is 5.92 Å². The highest BCUT2D eigenvalue weighted by atomic mass is 16.5.